The molecule has 0 bridgehead atoms. The average Bonchev–Trinajstić information content (AvgIpc) is 3.29. The van der Waals surface area contributed by atoms with Crippen LogP contribution in [-0.2, 0) is 7.05 Å². The number of hydrogen-bond donors (Lipinski definition) is 0. The number of nitrogens with zero attached hydrogens (tertiary/aromatic N) is 6. The largest absolute Gasteiger partial charge is 0.349 e. The van der Waals surface area contributed by atoms with Crippen LogP contribution in [0.3, 0.4) is 0 Å². The lowest BCUT2D eigenvalue weighted by molar-refractivity contribution is 0.962. The number of fused-ring (bicyclic) bond motifs is 1. The molecule has 0 aromatic carbocycles. The minimum Gasteiger partial charge on any atom is -0.349 e. The summed E-state index contributed by atoms with van der Waals surface area (Å²) in [5.41, 5.74) is 5.12. The van der Waals surface area contributed by atoms with Gasteiger partial charge >= 0.3 is 0 Å². The van der Waals surface area contributed by atoms with Crippen LogP contribution < -0.4 is 0 Å². The van der Waals surface area contributed by atoms with Crippen molar-refractivity contribution >= 4 is 34.7 Å². The van der Waals surface area contributed by atoms with E-state index in [2.05, 4.69) is 40.4 Å². The monoisotopic (exact) mass is 386 g/mol. The summed E-state index contributed by atoms with van der Waals surface area (Å²) in [7, 11) is 1.99. The summed E-state index contributed by atoms with van der Waals surface area (Å²) in [5, 5.41) is 1.95. The molecule has 0 spiro atoms. The molecule has 0 aliphatic rings. The molecule has 0 aliphatic carbocycles. The molecule has 0 N–H and O–H groups in total. The molecule has 4 rings (SSSR count). The number of aliphatic imine (C=N–C) groups is 1. The van der Waals surface area contributed by atoms with Crippen molar-refractivity contribution in [1.82, 2.24) is 24.5 Å². The van der Waals surface area contributed by atoms with E-state index in [1.807, 2.05) is 30.8 Å². The second-order valence-electron chi connectivity index (χ2n) is 6.23. The third-order valence-electron chi connectivity index (χ3n) is 4.38. The highest BCUT2D eigenvalue weighted by Gasteiger charge is 2.18. The number of aromatic nitrogens is 5. The normalized spacial score (nSPS) is 11.7. The number of allylic oxidation sites excluding steroid dienone is 2. The van der Waals surface area contributed by atoms with Gasteiger partial charge in [0.05, 0.1) is 27.5 Å². The van der Waals surface area contributed by atoms with Gasteiger partial charge in [-0.2, -0.15) is 0 Å². The Kier molecular flexibility index (Phi) is 4.67. The third kappa shape index (κ3) is 3.05. The van der Waals surface area contributed by atoms with E-state index in [9.17, 15) is 0 Å². The molecule has 0 unspecified atom stereocenters. The van der Waals surface area contributed by atoms with Crippen LogP contribution in [0.4, 0.5) is 0 Å². The molecule has 28 heavy (non-hydrogen) atoms. The molecule has 0 atom stereocenters. The Hall–Kier alpha value is -3.45. The molecule has 0 radical (unpaired) electrons. The van der Waals surface area contributed by atoms with Crippen molar-refractivity contribution in [2.24, 2.45) is 12.0 Å². The summed E-state index contributed by atoms with van der Waals surface area (Å²) in [6, 6.07) is 4.15. The van der Waals surface area contributed by atoms with E-state index in [0.29, 0.717) is 5.70 Å². The van der Waals surface area contributed by atoms with Crippen molar-refractivity contribution in [1.29, 1.82) is 0 Å². The lowest BCUT2D eigenvalue weighted by atomic mass is 10.1. The highest BCUT2D eigenvalue weighted by atomic mass is 32.1. The van der Waals surface area contributed by atoms with Crippen molar-refractivity contribution in [3.05, 3.63) is 67.2 Å². The molecule has 0 saturated heterocycles. The zero-order chi connectivity index (χ0) is 19.7. The number of thiazole rings is 1. The average molecular weight is 386 g/mol. The van der Waals surface area contributed by atoms with Crippen LogP contribution in [-0.4, -0.2) is 31.2 Å². The fraction of sp³-hybridized carbons (Fsp3) is 0.0952. The van der Waals surface area contributed by atoms with Gasteiger partial charge < -0.3 is 4.57 Å². The number of pyridine rings is 1. The SMILES string of the molecule is C=C/C=C(\N=C)c1nc(-c2sc(-c3cncnc3)nc2C)cc2ccn(C)c12. The van der Waals surface area contributed by atoms with Crippen LogP contribution in [0.2, 0.25) is 0 Å². The van der Waals surface area contributed by atoms with Gasteiger partial charge in [-0.1, -0.05) is 12.7 Å². The number of rotatable bonds is 5. The quantitative estimate of drug-likeness (QED) is 0.369. The van der Waals surface area contributed by atoms with Crippen molar-refractivity contribution in [3.8, 4) is 21.1 Å². The molecular weight excluding hydrogens is 368 g/mol. The summed E-state index contributed by atoms with van der Waals surface area (Å²) < 4.78 is 2.04. The number of hydrogen-bond acceptors (Lipinski definition) is 6. The molecule has 6 nitrogen and oxygen atoms in total. The first-order valence-electron chi connectivity index (χ1n) is 8.61. The summed E-state index contributed by atoms with van der Waals surface area (Å²) in [4.78, 5) is 23.0. The lowest BCUT2D eigenvalue weighted by Crippen LogP contribution is -1.97. The Bertz CT molecular complexity index is 1220. The van der Waals surface area contributed by atoms with Gasteiger partial charge in [0.25, 0.3) is 0 Å². The molecule has 0 amide bonds. The Morgan fingerprint density at radius 1 is 1.25 bits per heavy atom. The second kappa shape index (κ2) is 7.28. The molecule has 138 valence electrons. The molecule has 0 fully saturated rings. The molecule has 4 aromatic heterocycles. The first kappa shape index (κ1) is 17.9. The third-order valence-corrected chi connectivity index (χ3v) is 5.61. The zero-order valence-electron chi connectivity index (χ0n) is 15.6. The summed E-state index contributed by atoms with van der Waals surface area (Å²) in [5.74, 6) is 0. The maximum atomic E-state index is 4.93. The molecule has 0 saturated carbocycles. The zero-order valence-corrected chi connectivity index (χ0v) is 16.4. The second-order valence-corrected chi connectivity index (χ2v) is 7.23. The summed E-state index contributed by atoms with van der Waals surface area (Å²) in [6.07, 6.45) is 10.6. The van der Waals surface area contributed by atoms with E-state index in [1.165, 1.54) is 6.33 Å². The molecular formula is C21H18N6S. The van der Waals surface area contributed by atoms with Crippen molar-refractivity contribution in [3.63, 3.8) is 0 Å². The molecule has 4 aromatic rings. The maximum absolute atomic E-state index is 4.93. The Morgan fingerprint density at radius 3 is 2.75 bits per heavy atom. The molecule has 0 aliphatic heterocycles. The Morgan fingerprint density at radius 2 is 2.04 bits per heavy atom. The molecule has 7 heteroatoms. The van der Waals surface area contributed by atoms with Crippen molar-refractivity contribution in [2.75, 3.05) is 0 Å². The van der Waals surface area contributed by atoms with Gasteiger partial charge in [-0.3, -0.25) is 4.99 Å². The first-order chi connectivity index (χ1) is 13.6. The van der Waals surface area contributed by atoms with Gasteiger partial charge in [-0.25, -0.2) is 19.9 Å². The van der Waals surface area contributed by atoms with Crippen molar-refractivity contribution < 1.29 is 0 Å². The Labute approximate surface area is 166 Å². The van der Waals surface area contributed by atoms with Crippen LogP contribution in [0.1, 0.15) is 11.4 Å². The van der Waals surface area contributed by atoms with Crippen LogP contribution in [0.25, 0.3) is 37.7 Å². The summed E-state index contributed by atoms with van der Waals surface area (Å²) >= 11 is 1.58. The summed E-state index contributed by atoms with van der Waals surface area (Å²) in [6.45, 7) is 9.47. The van der Waals surface area contributed by atoms with E-state index >= 15 is 0 Å². The van der Waals surface area contributed by atoms with Crippen LogP contribution in [0.15, 0.2) is 60.8 Å². The van der Waals surface area contributed by atoms with Crippen LogP contribution >= 0.6 is 11.3 Å². The van der Waals surface area contributed by atoms with E-state index < -0.39 is 0 Å². The van der Waals surface area contributed by atoms with Crippen molar-refractivity contribution in [2.45, 2.75) is 6.92 Å². The van der Waals surface area contributed by atoms with Gasteiger partial charge in [-0.15, -0.1) is 11.3 Å². The minimum absolute atomic E-state index is 0.683. The fourth-order valence-electron chi connectivity index (χ4n) is 3.10. The molecule has 4 heterocycles. The standard InChI is InChI=1S/C21H18N6S/c1-5-6-16(22-3)18-19-14(7-8-27(19)4)9-17(26-18)20-13(2)25-21(28-20)15-10-23-12-24-11-15/h5-12H,1,3H2,2,4H3/b16-6-. The Balaban J connectivity index is 1.93. The van der Waals surface area contributed by atoms with Gasteiger partial charge in [0.2, 0.25) is 0 Å². The van der Waals surface area contributed by atoms with E-state index in [0.717, 1.165) is 43.4 Å². The van der Waals surface area contributed by atoms with E-state index in [1.54, 1.807) is 29.8 Å². The topological polar surface area (TPSA) is 68.8 Å². The van der Waals surface area contributed by atoms with E-state index in [-0.39, 0.29) is 0 Å². The van der Waals surface area contributed by atoms with Gasteiger partial charge in [-0.05, 0) is 31.9 Å². The highest BCUT2D eigenvalue weighted by molar-refractivity contribution is 7.18. The van der Waals surface area contributed by atoms with Crippen LogP contribution in [0.5, 0.6) is 0 Å². The van der Waals surface area contributed by atoms with Gasteiger partial charge in [0.1, 0.15) is 17.0 Å². The lowest BCUT2D eigenvalue weighted by Gasteiger charge is -2.08. The fourth-order valence-corrected chi connectivity index (χ4v) is 4.10. The first-order valence-corrected chi connectivity index (χ1v) is 9.43. The number of aryl methyl sites for hydroxylation is 2. The van der Waals surface area contributed by atoms with Gasteiger partial charge in [0, 0.05) is 36.6 Å². The minimum atomic E-state index is 0.683. The van der Waals surface area contributed by atoms with Crippen LogP contribution in [0, 0.1) is 6.92 Å². The van der Waals surface area contributed by atoms with E-state index in [4.69, 9.17) is 9.97 Å². The smallest absolute Gasteiger partial charge is 0.127 e. The highest BCUT2D eigenvalue weighted by Crippen LogP contribution is 2.36. The van der Waals surface area contributed by atoms with Gasteiger partial charge in [0.15, 0.2) is 0 Å². The predicted octanol–water partition coefficient (Wildman–Crippen LogP) is 4.69. The predicted molar refractivity (Wildman–Crippen MR) is 115 cm³/mol. The maximum Gasteiger partial charge on any atom is 0.127 e.